The van der Waals surface area contributed by atoms with Crippen molar-refractivity contribution in [2.75, 3.05) is 5.01 Å². The summed E-state index contributed by atoms with van der Waals surface area (Å²) in [6.07, 6.45) is 4.50. The van der Waals surface area contributed by atoms with Gasteiger partial charge in [0.25, 0.3) is 10.0 Å². The molecule has 11 heteroatoms. The van der Waals surface area contributed by atoms with Gasteiger partial charge in [0.1, 0.15) is 11.3 Å². The Bertz CT molecular complexity index is 1660. The van der Waals surface area contributed by atoms with Gasteiger partial charge in [0.05, 0.1) is 28.8 Å². The number of fused-ring (bicyclic) bond motifs is 1. The van der Waals surface area contributed by atoms with Crippen molar-refractivity contribution in [1.29, 1.82) is 5.26 Å². The van der Waals surface area contributed by atoms with Gasteiger partial charge in [-0.3, -0.25) is 4.79 Å². The zero-order valence-electron chi connectivity index (χ0n) is 21.6. The quantitative estimate of drug-likeness (QED) is 0.209. The monoisotopic (exact) mass is 544 g/mol. The number of aromatic nitrogens is 3. The zero-order valence-corrected chi connectivity index (χ0v) is 22.4. The first-order valence-electron chi connectivity index (χ1n) is 12.6. The van der Waals surface area contributed by atoms with Crippen molar-refractivity contribution in [1.82, 2.24) is 13.9 Å². The number of nitrogens with two attached hydrogens (primary N) is 1. The highest BCUT2D eigenvalue weighted by Gasteiger charge is 2.41. The van der Waals surface area contributed by atoms with Crippen molar-refractivity contribution in [3.63, 3.8) is 0 Å². The van der Waals surface area contributed by atoms with Crippen LogP contribution >= 0.6 is 0 Å². The molecule has 0 radical (unpaired) electrons. The largest absolute Gasteiger partial charge is 0.490 e. The number of nitrogens with zero attached hydrogens (tertiary/aromatic N) is 5. The molecule has 0 spiro atoms. The van der Waals surface area contributed by atoms with E-state index in [1.54, 1.807) is 48.5 Å². The molecule has 4 aromatic rings. The molecule has 2 aromatic carbocycles. The van der Waals surface area contributed by atoms with Crippen LogP contribution in [-0.4, -0.2) is 34.4 Å². The van der Waals surface area contributed by atoms with Crippen LogP contribution in [0.1, 0.15) is 37.3 Å². The smallest absolute Gasteiger partial charge is 0.269 e. The molecular weight excluding hydrogens is 516 g/mol. The average molecular weight is 545 g/mol. The fourth-order valence-corrected chi connectivity index (χ4v) is 6.32. The molecular formula is C28H28N6O4S. The normalized spacial score (nSPS) is 19.1. The second-order valence-electron chi connectivity index (χ2n) is 9.70. The molecule has 1 fully saturated rings. The zero-order chi connectivity index (χ0) is 27.7. The summed E-state index contributed by atoms with van der Waals surface area (Å²) in [5, 5.41) is 9.99. The van der Waals surface area contributed by atoms with Gasteiger partial charge in [-0.25, -0.2) is 33.2 Å². The first-order chi connectivity index (χ1) is 18.7. The van der Waals surface area contributed by atoms with Gasteiger partial charge in [0.15, 0.2) is 11.5 Å². The number of hydrogen-bond acceptors (Lipinski definition) is 8. The molecule has 2 heterocycles. The highest BCUT2D eigenvalue weighted by molar-refractivity contribution is 7.90. The molecule has 0 saturated heterocycles. The van der Waals surface area contributed by atoms with E-state index < -0.39 is 10.0 Å². The van der Waals surface area contributed by atoms with E-state index in [1.165, 1.54) is 18.5 Å². The molecule has 3 atom stereocenters. The Hall–Kier alpha value is -4.27. The second kappa shape index (κ2) is 10.5. The van der Waals surface area contributed by atoms with Crippen LogP contribution in [-0.2, 0) is 14.8 Å². The van der Waals surface area contributed by atoms with E-state index >= 15 is 0 Å². The number of hydrogen-bond donors (Lipinski definition) is 1. The van der Waals surface area contributed by atoms with Crippen LogP contribution in [0.4, 0.5) is 5.82 Å². The third-order valence-corrected chi connectivity index (χ3v) is 8.86. The maximum atomic E-state index is 13.5. The van der Waals surface area contributed by atoms with E-state index in [4.69, 9.17) is 15.8 Å². The van der Waals surface area contributed by atoms with Crippen molar-refractivity contribution in [2.45, 2.75) is 44.1 Å². The van der Waals surface area contributed by atoms with E-state index in [9.17, 15) is 13.2 Å². The van der Waals surface area contributed by atoms with E-state index in [0.717, 1.165) is 21.0 Å². The highest BCUT2D eigenvalue weighted by atomic mass is 32.2. The molecule has 0 bridgehead atoms. The van der Waals surface area contributed by atoms with Crippen LogP contribution < -0.4 is 15.6 Å². The minimum Gasteiger partial charge on any atom is -0.490 e. The van der Waals surface area contributed by atoms with Crippen molar-refractivity contribution in [3.05, 3.63) is 78.1 Å². The van der Waals surface area contributed by atoms with Crippen molar-refractivity contribution < 1.29 is 17.9 Å². The van der Waals surface area contributed by atoms with Crippen LogP contribution in [0.5, 0.6) is 5.75 Å². The predicted molar refractivity (Wildman–Crippen MR) is 145 cm³/mol. The van der Waals surface area contributed by atoms with Gasteiger partial charge in [0.2, 0.25) is 5.91 Å². The minimum absolute atomic E-state index is 0.0735. The molecule has 0 unspecified atom stereocenters. The lowest BCUT2D eigenvalue weighted by Crippen LogP contribution is -2.43. The number of anilines is 1. The molecule has 1 amide bonds. The van der Waals surface area contributed by atoms with Gasteiger partial charge in [-0.1, -0.05) is 31.0 Å². The molecule has 39 heavy (non-hydrogen) atoms. The van der Waals surface area contributed by atoms with Gasteiger partial charge < -0.3 is 4.74 Å². The number of nitriles is 1. The SMILES string of the molecule is CC[C@@H]1C[C@@H](Oc2ccc(C#N)cc2)C[C@@H]1C(=O)N(N)c1cnc2c(ccn2S(=O)(=O)c2ccc(C)cc2)n1. The van der Waals surface area contributed by atoms with Crippen molar-refractivity contribution in [2.24, 2.45) is 17.7 Å². The number of benzene rings is 2. The third-order valence-electron chi connectivity index (χ3n) is 7.18. The molecule has 2 aromatic heterocycles. The van der Waals surface area contributed by atoms with Gasteiger partial charge in [0, 0.05) is 12.1 Å². The summed E-state index contributed by atoms with van der Waals surface area (Å²) in [7, 11) is -3.88. The van der Waals surface area contributed by atoms with Gasteiger partial charge in [-0.05, 0) is 68.1 Å². The number of aryl methyl sites for hydroxylation is 1. The molecule has 10 nitrogen and oxygen atoms in total. The third kappa shape index (κ3) is 5.08. The lowest BCUT2D eigenvalue weighted by atomic mass is 9.93. The Balaban J connectivity index is 1.34. The van der Waals surface area contributed by atoms with Crippen molar-refractivity contribution >= 4 is 32.9 Å². The van der Waals surface area contributed by atoms with E-state index in [-0.39, 0.29) is 40.2 Å². The lowest BCUT2D eigenvalue weighted by Gasteiger charge is -2.22. The second-order valence-corrected chi connectivity index (χ2v) is 11.5. The number of carbonyl (C=O) groups is 1. The topological polar surface area (TPSA) is 144 Å². The summed E-state index contributed by atoms with van der Waals surface area (Å²) >= 11 is 0. The Kier molecular flexibility index (Phi) is 7.08. The summed E-state index contributed by atoms with van der Waals surface area (Å²) in [5.74, 6) is 6.42. The Morgan fingerprint density at radius 3 is 2.54 bits per heavy atom. The van der Waals surface area contributed by atoms with Crippen LogP contribution in [0.3, 0.4) is 0 Å². The van der Waals surface area contributed by atoms with Gasteiger partial charge in [-0.15, -0.1) is 0 Å². The maximum Gasteiger partial charge on any atom is 0.269 e. The summed E-state index contributed by atoms with van der Waals surface area (Å²) in [6, 6.07) is 17.0. The fraction of sp³-hybridized carbons (Fsp3) is 0.286. The number of carbonyl (C=O) groups excluding carboxylic acids is 1. The first-order valence-corrected chi connectivity index (χ1v) is 14.1. The Morgan fingerprint density at radius 1 is 1.15 bits per heavy atom. The molecule has 1 saturated carbocycles. The molecule has 5 rings (SSSR count). The Labute approximate surface area is 226 Å². The van der Waals surface area contributed by atoms with E-state index in [2.05, 4.69) is 16.0 Å². The van der Waals surface area contributed by atoms with E-state index in [0.29, 0.717) is 29.7 Å². The summed E-state index contributed by atoms with van der Waals surface area (Å²) in [5.41, 5.74) is 1.94. The summed E-state index contributed by atoms with van der Waals surface area (Å²) in [4.78, 5) is 22.3. The van der Waals surface area contributed by atoms with Crippen LogP contribution in [0, 0.1) is 30.1 Å². The fourth-order valence-electron chi connectivity index (χ4n) is 5.03. The number of ether oxygens (including phenoxy) is 1. The van der Waals surface area contributed by atoms with Gasteiger partial charge >= 0.3 is 0 Å². The van der Waals surface area contributed by atoms with Crippen LogP contribution in [0.15, 0.2) is 71.9 Å². The molecule has 0 aliphatic heterocycles. The number of hydrazine groups is 1. The van der Waals surface area contributed by atoms with E-state index in [1.807, 2.05) is 13.8 Å². The molecule has 1 aliphatic carbocycles. The minimum atomic E-state index is -3.88. The standard InChI is InChI=1S/C28H28N6O4S/c1-3-20-14-22(38-21-8-6-19(16-29)7-9-21)15-24(20)28(35)34(30)26-17-31-27-25(32-26)12-13-33(27)39(36,37)23-10-4-18(2)5-11-23/h4-13,17,20,22,24H,3,14-15,30H2,1-2H3/t20-,22-,24+/m1/s1. The average Bonchev–Trinajstić information content (AvgIpc) is 3.57. The molecule has 1 aliphatic rings. The summed E-state index contributed by atoms with van der Waals surface area (Å²) in [6.45, 7) is 3.91. The molecule has 200 valence electrons. The number of rotatable bonds is 7. The first kappa shape index (κ1) is 26.3. The molecule has 2 N–H and O–H groups in total. The maximum absolute atomic E-state index is 13.5. The van der Waals surface area contributed by atoms with Crippen LogP contribution in [0.2, 0.25) is 0 Å². The summed E-state index contributed by atoms with van der Waals surface area (Å²) < 4.78 is 33.5. The highest BCUT2D eigenvalue weighted by Crippen LogP contribution is 2.38. The predicted octanol–water partition coefficient (Wildman–Crippen LogP) is 3.94. The van der Waals surface area contributed by atoms with Gasteiger partial charge in [-0.2, -0.15) is 5.26 Å². The Morgan fingerprint density at radius 2 is 1.87 bits per heavy atom. The van der Waals surface area contributed by atoms with Crippen molar-refractivity contribution in [3.8, 4) is 11.8 Å². The van der Waals surface area contributed by atoms with Crippen LogP contribution in [0.25, 0.3) is 11.2 Å². The number of amides is 1. The lowest BCUT2D eigenvalue weighted by molar-refractivity contribution is -0.123.